The van der Waals surface area contributed by atoms with Crippen LogP contribution in [0.15, 0.2) is 144 Å². The van der Waals surface area contributed by atoms with Gasteiger partial charge in [0.05, 0.1) is 0 Å². The van der Waals surface area contributed by atoms with Gasteiger partial charge in [0.1, 0.15) is 11.2 Å². The molecule has 0 amide bonds. The minimum atomic E-state index is 0.608. The van der Waals surface area contributed by atoms with E-state index in [1.807, 2.05) is 78.1 Å². The molecule has 0 aliphatic carbocycles. The fourth-order valence-corrected chi connectivity index (χ4v) is 7.03. The Labute approximate surface area is 256 Å². The zero-order valence-electron chi connectivity index (χ0n) is 23.4. The molecule has 0 spiro atoms. The van der Waals surface area contributed by atoms with Crippen LogP contribution in [-0.4, -0.2) is 15.0 Å². The molecule has 9 rings (SSSR count). The van der Waals surface area contributed by atoms with Crippen molar-refractivity contribution in [3.8, 4) is 45.3 Å². The second kappa shape index (κ2) is 9.97. The summed E-state index contributed by atoms with van der Waals surface area (Å²) in [6, 6.07) is 48.1. The highest BCUT2D eigenvalue weighted by atomic mass is 32.1. The van der Waals surface area contributed by atoms with E-state index >= 15 is 0 Å². The lowest BCUT2D eigenvalue weighted by Crippen LogP contribution is -2.00. The highest BCUT2D eigenvalue weighted by molar-refractivity contribution is 7.25. The topological polar surface area (TPSA) is 51.8 Å². The first-order valence-corrected chi connectivity index (χ1v) is 15.3. The van der Waals surface area contributed by atoms with Crippen LogP contribution in [0.2, 0.25) is 0 Å². The molecule has 3 aromatic heterocycles. The predicted octanol–water partition coefficient (Wildman–Crippen LogP) is 10.8. The van der Waals surface area contributed by atoms with Crippen LogP contribution in [0.4, 0.5) is 0 Å². The van der Waals surface area contributed by atoms with Crippen molar-refractivity contribution in [1.29, 1.82) is 0 Å². The SMILES string of the molecule is c1ccc(-c2nc(-c3ccccc3)nc(-c3ccc4c(c3)oc3ccc(-c5ccc6sc7ccccc7c6c5)cc34)n2)cc1. The van der Waals surface area contributed by atoms with Crippen molar-refractivity contribution in [3.05, 3.63) is 140 Å². The number of furan rings is 1. The van der Waals surface area contributed by atoms with Gasteiger partial charge < -0.3 is 4.42 Å². The van der Waals surface area contributed by atoms with Gasteiger partial charge >= 0.3 is 0 Å². The number of hydrogen-bond donors (Lipinski definition) is 0. The molecule has 0 unspecified atom stereocenters. The molecule has 206 valence electrons. The van der Waals surface area contributed by atoms with Gasteiger partial charge in [-0.25, -0.2) is 15.0 Å². The summed E-state index contributed by atoms with van der Waals surface area (Å²) in [4.78, 5) is 14.6. The molecule has 0 saturated heterocycles. The van der Waals surface area contributed by atoms with E-state index in [4.69, 9.17) is 19.4 Å². The molecule has 0 atom stereocenters. The molecule has 0 radical (unpaired) electrons. The first-order chi connectivity index (χ1) is 21.8. The van der Waals surface area contributed by atoms with Gasteiger partial charge in [-0.3, -0.25) is 0 Å². The molecule has 6 aromatic carbocycles. The average Bonchev–Trinajstić information content (AvgIpc) is 3.66. The molecule has 0 aliphatic heterocycles. The Bertz CT molecular complexity index is 2440. The largest absolute Gasteiger partial charge is 0.456 e. The lowest BCUT2D eigenvalue weighted by molar-refractivity contribution is 0.669. The number of hydrogen-bond acceptors (Lipinski definition) is 5. The summed E-state index contributed by atoms with van der Waals surface area (Å²) in [5.41, 5.74) is 6.78. The molecule has 4 nitrogen and oxygen atoms in total. The summed E-state index contributed by atoms with van der Waals surface area (Å²) < 4.78 is 9.00. The number of benzene rings is 6. The van der Waals surface area contributed by atoms with Crippen molar-refractivity contribution < 1.29 is 4.42 Å². The van der Waals surface area contributed by atoms with Gasteiger partial charge in [-0.15, -0.1) is 11.3 Å². The molecule has 0 fully saturated rings. The third-order valence-electron chi connectivity index (χ3n) is 8.14. The number of rotatable bonds is 4. The second-order valence-electron chi connectivity index (χ2n) is 10.9. The zero-order chi connectivity index (χ0) is 29.0. The summed E-state index contributed by atoms with van der Waals surface area (Å²) in [5, 5.41) is 4.76. The predicted molar refractivity (Wildman–Crippen MR) is 182 cm³/mol. The van der Waals surface area contributed by atoms with E-state index in [1.54, 1.807) is 0 Å². The first-order valence-electron chi connectivity index (χ1n) is 14.5. The van der Waals surface area contributed by atoms with Gasteiger partial charge in [-0.05, 0) is 53.6 Å². The fraction of sp³-hybridized carbons (Fsp3) is 0. The normalized spacial score (nSPS) is 11.6. The number of aromatic nitrogens is 3. The molecule has 44 heavy (non-hydrogen) atoms. The quantitative estimate of drug-likeness (QED) is 0.207. The maximum absolute atomic E-state index is 6.38. The molecule has 9 aromatic rings. The van der Waals surface area contributed by atoms with Crippen LogP contribution in [0.5, 0.6) is 0 Å². The zero-order valence-corrected chi connectivity index (χ0v) is 24.3. The van der Waals surface area contributed by atoms with E-state index in [9.17, 15) is 0 Å². The van der Waals surface area contributed by atoms with Gasteiger partial charge in [-0.2, -0.15) is 0 Å². The Morgan fingerprint density at radius 3 is 1.66 bits per heavy atom. The smallest absolute Gasteiger partial charge is 0.164 e. The van der Waals surface area contributed by atoms with Crippen molar-refractivity contribution in [1.82, 2.24) is 15.0 Å². The standard InChI is InChI=1S/C39H23N3OS/c1-3-9-24(10-4-1)37-40-38(25-11-5-2-6-12-25)42-39(41-37)28-15-18-29-31-21-26(16-19-33(31)43-34(29)23-28)27-17-20-36-32(22-27)30-13-7-8-14-35(30)44-36/h1-23H. The minimum absolute atomic E-state index is 0.608. The Kier molecular flexibility index (Phi) is 5.64. The summed E-state index contributed by atoms with van der Waals surface area (Å²) in [6.45, 7) is 0. The highest BCUT2D eigenvalue weighted by Gasteiger charge is 2.15. The lowest BCUT2D eigenvalue weighted by atomic mass is 10.0. The van der Waals surface area contributed by atoms with Gasteiger partial charge in [0, 0.05) is 47.6 Å². The van der Waals surface area contributed by atoms with E-state index in [0.29, 0.717) is 17.5 Å². The van der Waals surface area contributed by atoms with Crippen molar-refractivity contribution in [2.45, 2.75) is 0 Å². The highest BCUT2D eigenvalue weighted by Crippen LogP contribution is 2.38. The van der Waals surface area contributed by atoms with Crippen LogP contribution in [0.3, 0.4) is 0 Å². The maximum atomic E-state index is 6.38. The third kappa shape index (κ3) is 4.17. The van der Waals surface area contributed by atoms with Crippen LogP contribution < -0.4 is 0 Å². The molecular formula is C39H23N3OS. The average molecular weight is 582 g/mol. The molecular weight excluding hydrogens is 559 g/mol. The van der Waals surface area contributed by atoms with Crippen molar-refractivity contribution >= 4 is 53.4 Å². The maximum Gasteiger partial charge on any atom is 0.164 e. The van der Waals surface area contributed by atoms with Crippen molar-refractivity contribution in [2.75, 3.05) is 0 Å². The molecule has 0 bridgehead atoms. The Morgan fingerprint density at radius 1 is 0.364 bits per heavy atom. The van der Waals surface area contributed by atoms with Crippen molar-refractivity contribution in [3.63, 3.8) is 0 Å². The Hall–Kier alpha value is -5.65. The monoisotopic (exact) mass is 581 g/mol. The van der Waals surface area contributed by atoms with Crippen LogP contribution in [0.25, 0.3) is 87.4 Å². The van der Waals surface area contributed by atoms with Gasteiger partial charge in [0.2, 0.25) is 0 Å². The fourth-order valence-electron chi connectivity index (χ4n) is 5.94. The van der Waals surface area contributed by atoms with Crippen LogP contribution in [-0.2, 0) is 0 Å². The Morgan fingerprint density at radius 2 is 0.932 bits per heavy atom. The van der Waals surface area contributed by atoms with E-state index in [-0.39, 0.29) is 0 Å². The van der Waals surface area contributed by atoms with Gasteiger partial charge in [0.25, 0.3) is 0 Å². The van der Waals surface area contributed by atoms with Crippen LogP contribution in [0, 0.1) is 0 Å². The number of nitrogens with zero attached hydrogens (tertiary/aromatic N) is 3. The molecule has 3 heterocycles. The molecule has 5 heteroatoms. The lowest BCUT2D eigenvalue weighted by Gasteiger charge is -2.08. The van der Waals surface area contributed by atoms with Crippen molar-refractivity contribution in [2.24, 2.45) is 0 Å². The van der Waals surface area contributed by atoms with E-state index < -0.39 is 0 Å². The minimum Gasteiger partial charge on any atom is -0.456 e. The van der Waals surface area contributed by atoms with Crippen LogP contribution >= 0.6 is 11.3 Å². The summed E-state index contributed by atoms with van der Waals surface area (Å²) in [5.74, 6) is 1.88. The van der Waals surface area contributed by atoms with Gasteiger partial charge in [-0.1, -0.05) is 97.1 Å². The number of fused-ring (bicyclic) bond motifs is 6. The second-order valence-corrected chi connectivity index (χ2v) is 12.0. The molecule has 0 saturated carbocycles. The van der Waals surface area contributed by atoms with Crippen LogP contribution in [0.1, 0.15) is 0 Å². The summed E-state index contributed by atoms with van der Waals surface area (Å²) in [6.07, 6.45) is 0. The Balaban J connectivity index is 1.15. The van der Waals surface area contributed by atoms with E-state index in [0.717, 1.165) is 38.6 Å². The van der Waals surface area contributed by atoms with E-state index in [2.05, 4.69) is 72.8 Å². The first kappa shape index (κ1) is 24.9. The number of thiophene rings is 1. The summed E-state index contributed by atoms with van der Waals surface area (Å²) >= 11 is 1.84. The van der Waals surface area contributed by atoms with E-state index in [1.165, 1.54) is 31.3 Å². The third-order valence-corrected chi connectivity index (χ3v) is 9.29. The molecule has 0 N–H and O–H groups in total. The molecule has 0 aliphatic rings. The van der Waals surface area contributed by atoms with Gasteiger partial charge in [0.15, 0.2) is 17.5 Å². The summed E-state index contributed by atoms with van der Waals surface area (Å²) in [7, 11) is 0.